The Morgan fingerprint density at radius 3 is 3.22 bits per heavy atom. The zero-order chi connectivity index (χ0) is 6.53. The van der Waals surface area contributed by atoms with Crippen molar-refractivity contribution >= 4 is 5.82 Å². The zero-order valence-corrected chi connectivity index (χ0v) is 5.00. The fourth-order valence-corrected chi connectivity index (χ4v) is 0.504. The van der Waals surface area contributed by atoms with Gasteiger partial charge in [0, 0.05) is 12.6 Å². The van der Waals surface area contributed by atoms with Gasteiger partial charge in [0.2, 0.25) is 0 Å². The highest BCUT2D eigenvalue weighted by molar-refractivity contribution is 5.30. The van der Waals surface area contributed by atoms with Gasteiger partial charge in [-0.1, -0.05) is 5.16 Å². The lowest BCUT2D eigenvalue weighted by molar-refractivity contribution is 0.422. The fourth-order valence-electron chi connectivity index (χ4n) is 0.504. The molecule has 2 radical (unpaired) electrons. The van der Waals surface area contributed by atoms with Gasteiger partial charge in [-0.3, -0.25) is 0 Å². The minimum atomic E-state index is 0.604. The Balaban J connectivity index is 2.30. The van der Waals surface area contributed by atoms with Crippen LogP contribution in [-0.2, 0) is 0 Å². The summed E-state index contributed by atoms with van der Waals surface area (Å²) in [7, 11) is 0. The van der Waals surface area contributed by atoms with Crippen LogP contribution >= 0.6 is 0 Å². The predicted octanol–water partition coefficient (Wildman–Crippen LogP) is 1.19. The number of hydrogen-bond acceptors (Lipinski definition) is 3. The molecule has 0 spiro atoms. The van der Waals surface area contributed by atoms with Gasteiger partial charge in [0.15, 0.2) is 5.82 Å². The molecule has 0 aliphatic heterocycles. The molecule has 1 rings (SSSR count). The van der Waals surface area contributed by atoms with Gasteiger partial charge in [0.1, 0.15) is 6.26 Å². The Morgan fingerprint density at radius 2 is 2.67 bits per heavy atom. The molecule has 0 aliphatic carbocycles. The maximum absolute atomic E-state index is 5.22. The van der Waals surface area contributed by atoms with E-state index in [0.29, 0.717) is 6.42 Å². The van der Waals surface area contributed by atoms with Crippen molar-refractivity contribution in [1.29, 1.82) is 0 Å². The second-order valence-electron chi connectivity index (χ2n) is 1.60. The van der Waals surface area contributed by atoms with Gasteiger partial charge < -0.3 is 9.84 Å². The summed E-state index contributed by atoms with van der Waals surface area (Å²) in [6.45, 7) is 5.95. The van der Waals surface area contributed by atoms with Crippen molar-refractivity contribution in [3.05, 3.63) is 19.3 Å². The van der Waals surface area contributed by atoms with E-state index in [2.05, 4.69) is 15.0 Å². The smallest absolute Gasteiger partial charge is 0.169 e. The average Bonchev–Trinajstić information content (AvgIpc) is 2.34. The van der Waals surface area contributed by atoms with E-state index in [-0.39, 0.29) is 0 Å². The molecule has 3 nitrogen and oxygen atoms in total. The Morgan fingerprint density at radius 1 is 1.78 bits per heavy atom. The summed E-state index contributed by atoms with van der Waals surface area (Å²) in [6.07, 6.45) is 2.12. The van der Waals surface area contributed by atoms with Crippen molar-refractivity contribution in [2.75, 3.05) is 11.9 Å². The molecular formula is C6H8N2O. The van der Waals surface area contributed by atoms with Gasteiger partial charge in [-0.15, -0.1) is 0 Å². The number of anilines is 1. The second kappa shape index (κ2) is 3.12. The summed E-state index contributed by atoms with van der Waals surface area (Å²) < 4.78 is 4.56. The third kappa shape index (κ3) is 1.76. The van der Waals surface area contributed by atoms with E-state index < -0.39 is 0 Å². The molecule has 0 saturated heterocycles. The summed E-state index contributed by atoms with van der Waals surface area (Å²) in [5.41, 5.74) is 0. The molecule has 0 amide bonds. The highest BCUT2D eigenvalue weighted by Crippen LogP contribution is 1.99. The van der Waals surface area contributed by atoms with Crippen molar-refractivity contribution in [3.8, 4) is 0 Å². The Kier molecular flexibility index (Phi) is 2.13. The Hall–Kier alpha value is -0.990. The van der Waals surface area contributed by atoms with E-state index in [1.165, 1.54) is 6.26 Å². The van der Waals surface area contributed by atoms with Crippen LogP contribution in [0.5, 0.6) is 0 Å². The van der Waals surface area contributed by atoms with E-state index in [9.17, 15) is 0 Å². The molecule has 1 N–H and O–H groups in total. The van der Waals surface area contributed by atoms with Gasteiger partial charge in [0.05, 0.1) is 0 Å². The number of rotatable bonds is 3. The Labute approximate surface area is 54.0 Å². The van der Waals surface area contributed by atoms with Crippen LogP contribution in [0.4, 0.5) is 5.82 Å². The normalized spacial score (nSPS) is 9.44. The molecule has 0 unspecified atom stereocenters. The molecule has 0 aliphatic rings. The predicted molar refractivity (Wildman–Crippen MR) is 33.9 cm³/mol. The second-order valence-corrected chi connectivity index (χ2v) is 1.60. The van der Waals surface area contributed by atoms with Crippen LogP contribution in [0.3, 0.4) is 0 Å². The third-order valence-electron chi connectivity index (χ3n) is 0.888. The van der Waals surface area contributed by atoms with Crippen molar-refractivity contribution in [2.45, 2.75) is 6.42 Å². The highest BCUT2D eigenvalue weighted by atomic mass is 16.5. The molecule has 9 heavy (non-hydrogen) atoms. The van der Waals surface area contributed by atoms with Crippen LogP contribution in [0.2, 0.25) is 0 Å². The molecule has 48 valence electrons. The summed E-state index contributed by atoms with van der Waals surface area (Å²) in [5.74, 6) is 0.737. The monoisotopic (exact) mass is 124 g/mol. The number of nitrogens with zero attached hydrogens (tertiary/aromatic N) is 1. The zero-order valence-electron chi connectivity index (χ0n) is 5.00. The van der Waals surface area contributed by atoms with Crippen molar-refractivity contribution in [3.63, 3.8) is 0 Å². The lowest BCUT2D eigenvalue weighted by Crippen LogP contribution is -1.98. The molecule has 0 fully saturated rings. The van der Waals surface area contributed by atoms with E-state index >= 15 is 0 Å². The first kappa shape index (κ1) is 6.13. The Bertz CT molecular complexity index is 148. The van der Waals surface area contributed by atoms with Gasteiger partial charge in [0.25, 0.3) is 0 Å². The summed E-state index contributed by atoms with van der Waals surface area (Å²) in [5, 5.41) is 6.56. The van der Waals surface area contributed by atoms with Crippen LogP contribution in [0.25, 0.3) is 0 Å². The van der Waals surface area contributed by atoms with Gasteiger partial charge in [-0.25, -0.2) is 0 Å². The summed E-state index contributed by atoms with van der Waals surface area (Å²) in [6, 6.07) is 1.75. The van der Waals surface area contributed by atoms with Crippen LogP contribution in [0.1, 0.15) is 6.42 Å². The molecule has 1 aromatic rings. The molecule has 1 aromatic heterocycles. The maximum Gasteiger partial charge on any atom is 0.169 e. The van der Waals surface area contributed by atoms with Crippen LogP contribution in [0, 0.1) is 6.92 Å². The standard InChI is InChI=1S/C6H8N2O/c1-2-4-7-6-3-5-9-8-6/h1,3,5H,2,4H2,(H,7,8). The quantitative estimate of drug-likeness (QED) is 0.657. The van der Waals surface area contributed by atoms with Crippen LogP contribution in [0.15, 0.2) is 16.9 Å². The van der Waals surface area contributed by atoms with Crippen molar-refractivity contribution in [1.82, 2.24) is 5.16 Å². The lowest BCUT2D eigenvalue weighted by atomic mass is 10.5. The highest BCUT2D eigenvalue weighted by Gasteiger charge is 1.89. The summed E-state index contributed by atoms with van der Waals surface area (Å²) in [4.78, 5) is 0. The largest absolute Gasteiger partial charge is 0.367 e. The summed E-state index contributed by atoms with van der Waals surface area (Å²) >= 11 is 0. The average molecular weight is 124 g/mol. The minimum Gasteiger partial charge on any atom is -0.367 e. The number of nitrogens with one attached hydrogen (secondary N) is 1. The van der Waals surface area contributed by atoms with Crippen LogP contribution in [-0.4, -0.2) is 11.7 Å². The topological polar surface area (TPSA) is 38.1 Å². The molecule has 3 heteroatoms. The van der Waals surface area contributed by atoms with Crippen molar-refractivity contribution < 1.29 is 4.52 Å². The minimum absolute atomic E-state index is 0.604. The number of hydrogen-bond donors (Lipinski definition) is 1. The van der Waals surface area contributed by atoms with Gasteiger partial charge >= 0.3 is 0 Å². The molecule has 1 heterocycles. The third-order valence-corrected chi connectivity index (χ3v) is 0.888. The molecular weight excluding hydrogens is 116 g/mol. The molecule has 0 saturated carbocycles. The van der Waals surface area contributed by atoms with Crippen molar-refractivity contribution in [2.24, 2.45) is 0 Å². The van der Waals surface area contributed by atoms with Crippen LogP contribution < -0.4 is 5.32 Å². The van der Waals surface area contributed by atoms with Gasteiger partial charge in [-0.05, 0) is 13.3 Å². The molecule has 0 bridgehead atoms. The first-order valence-electron chi connectivity index (χ1n) is 2.78. The maximum atomic E-state index is 5.22. The van der Waals surface area contributed by atoms with Gasteiger partial charge in [-0.2, -0.15) is 0 Å². The SMILES string of the molecule is [CH]CCNc1ccon1. The molecule has 0 atom stereocenters. The van der Waals surface area contributed by atoms with E-state index in [0.717, 1.165) is 12.4 Å². The van der Waals surface area contributed by atoms with E-state index in [1.807, 2.05) is 0 Å². The fraction of sp³-hybridized carbons (Fsp3) is 0.333. The van der Waals surface area contributed by atoms with E-state index in [4.69, 9.17) is 6.92 Å². The molecule has 0 aromatic carbocycles. The first-order chi connectivity index (χ1) is 4.43. The first-order valence-corrected chi connectivity index (χ1v) is 2.78. The van der Waals surface area contributed by atoms with E-state index in [1.54, 1.807) is 6.07 Å². The number of aromatic nitrogens is 1. The lowest BCUT2D eigenvalue weighted by Gasteiger charge is -1.94.